The van der Waals surface area contributed by atoms with Crippen molar-refractivity contribution in [1.82, 2.24) is 5.32 Å². The van der Waals surface area contributed by atoms with Gasteiger partial charge in [0.1, 0.15) is 0 Å². The quantitative estimate of drug-likeness (QED) is 0.592. The molecule has 1 heterocycles. The van der Waals surface area contributed by atoms with Gasteiger partial charge in [0.25, 0.3) is 0 Å². The van der Waals surface area contributed by atoms with Gasteiger partial charge in [-0.25, -0.2) is 0 Å². The van der Waals surface area contributed by atoms with Crippen molar-refractivity contribution >= 4 is 15.9 Å². The highest BCUT2D eigenvalue weighted by Gasteiger charge is 2.38. The first-order valence-electron chi connectivity index (χ1n) is 8.24. The third-order valence-corrected chi connectivity index (χ3v) is 5.32. The zero-order chi connectivity index (χ0) is 14.3. The Morgan fingerprint density at radius 1 is 1.00 bits per heavy atom. The fraction of sp³-hybridized carbons (Fsp3) is 0.667. The molecule has 0 saturated carbocycles. The van der Waals surface area contributed by atoms with Crippen LogP contribution >= 0.6 is 15.9 Å². The first-order valence-corrected chi connectivity index (χ1v) is 9.03. The summed E-state index contributed by atoms with van der Waals surface area (Å²) < 4.78 is 1.28. The summed E-state index contributed by atoms with van der Waals surface area (Å²) in [5.41, 5.74) is 1.90. The molecular weight excluding hydrogens is 310 g/mol. The van der Waals surface area contributed by atoms with Gasteiger partial charge < -0.3 is 5.32 Å². The topological polar surface area (TPSA) is 12.0 Å². The van der Waals surface area contributed by atoms with Crippen molar-refractivity contribution in [3.8, 4) is 0 Å². The average molecular weight is 338 g/mol. The van der Waals surface area contributed by atoms with Crippen LogP contribution in [0.5, 0.6) is 0 Å². The second-order valence-corrected chi connectivity index (χ2v) is 7.09. The number of halogens is 1. The monoisotopic (exact) mass is 337 g/mol. The largest absolute Gasteiger partial charge is 0.315 e. The molecule has 0 atom stereocenters. The maximum absolute atomic E-state index is 3.73. The normalized spacial score (nSPS) is 16.9. The van der Waals surface area contributed by atoms with Gasteiger partial charge in [-0.15, -0.1) is 0 Å². The predicted molar refractivity (Wildman–Crippen MR) is 91.3 cm³/mol. The van der Waals surface area contributed by atoms with Crippen molar-refractivity contribution < 1.29 is 0 Å². The van der Waals surface area contributed by atoms with Crippen LogP contribution in [0.2, 0.25) is 0 Å². The summed E-state index contributed by atoms with van der Waals surface area (Å²) in [6, 6.07) is 8.76. The number of hydrogen-bond donors (Lipinski definition) is 1. The first kappa shape index (κ1) is 16.0. The molecule has 1 saturated heterocycles. The van der Waals surface area contributed by atoms with E-state index < -0.39 is 0 Å². The zero-order valence-corrected chi connectivity index (χ0v) is 14.3. The molecule has 2 rings (SSSR count). The van der Waals surface area contributed by atoms with Gasteiger partial charge in [-0.05, 0) is 18.1 Å². The van der Waals surface area contributed by atoms with E-state index in [1.54, 1.807) is 0 Å². The standard InChI is InChI=1S/C18H28BrN/c1-2-3-4-5-6-7-10-13-18(14-20-15-18)16-11-8-9-12-17(16)19/h8-9,11-12,20H,2-7,10,13-15H2,1H3. The Balaban J connectivity index is 1.77. The Labute approximate surface area is 132 Å². The van der Waals surface area contributed by atoms with Crippen LogP contribution in [-0.2, 0) is 5.41 Å². The molecule has 0 radical (unpaired) electrons. The van der Waals surface area contributed by atoms with Gasteiger partial charge in [0, 0.05) is 23.0 Å². The van der Waals surface area contributed by atoms with Gasteiger partial charge in [-0.2, -0.15) is 0 Å². The molecule has 0 aromatic heterocycles. The maximum atomic E-state index is 3.73. The molecule has 1 nitrogen and oxygen atoms in total. The Hall–Kier alpha value is -0.340. The molecule has 1 fully saturated rings. The summed E-state index contributed by atoms with van der Waals surface area (Å²) in [6.07, 6.45) is 11.1. The summed E-state index contributed by atoms with van der Waals surface area (Å²) >= 11 is 3.73. The maximum Gasteiger partial charge on any atom is 0.0213 e. The Bertz CT molecular complexity index is 398. The minimum atomic E-state index is 0.392. The molecule has 1 aliphatic heterocycles. The van der Waals surface area contributed by atoms with Gasteiger partial charge in [-0.3, -0.25) is 0 Å². The fourth-order valence-corrected chi connectivity index (χ4v) is 3.95. The van der Waals surface area contributed by atoms with Crippen LogP contribution in [0.3, 0.4) is 0 Å². The molecule has 0 amide bonds. The third kappa shape index (κ3) is 4.08. The van der Waals surface area contributed by atoms with Gasteiger partial charge in [0.05, 0.1) is 0 Å². The van der Waals surface area contributed by atoms with Crippen molar-refractivity contribution in [2.45, 2.75) is 63.7 Å². The number of hydrogen-bond acceptors (Lipinski definition) is 1. The van der Waals surface area contributed by atoms with Gasteiger partial charge in [-0.1, -0.05) is 86.0 Å². The van der Waals surface area contributed by atoms with E-state index in [4.69, 9.17) is 0 Å². The first-order chi connectivity index (χ1) is 9.78. The molecule has 0 bridgehead atoms. The highest BCUT2D eigenvalue weighted by atomic mass is 79.9. The highest BCUT2D eigenvalue weighted by molar-refractivity contribution is 9.10. The molecule has 1 aliphatic rings. The highest BCUT2D eigenvalue weighted by Crippen LogP contribution is 2.38. The van der Waals surface area contributed by atoms with E-state index in [-0.39, 0.29) is 0 Å². The summed E-state index contributed by atoms with van der Waals surface area (Å²) in [5, 5.41) is 3.48. The lowest BCUT2D eigenvalue weighted by Gasteiger charge is -2.44. The van der Waals surface area contributed by atoms with Crippen LogP contribution in [0.15, 0.2) is 28.7 Å². The van der Waals surface area contributed by atoms with E-state index >= 15 is 0 Å². The molecule has 0 unspecified atom stereocenters. The molecule has 20 heavy (non-hydrogen) atoms. The summed E-state index contributed by atoms with van der Waals surface area (Å²) in [4.78, 5) is 0. The van der Waals surface area contributed by atoms with Crippen LogP contribution in [0.25, 0.3) is 0 Å². The number of benzene rings is 1. The minimum absolute atomic E-state index is 0.392. The predicted octanol–water partition coefficient (Wildman–Crippen LogP) is 5.43. The van der Waals surface area contributed by atoms with Crippen molar-refractivity contribution in [2.75, 3.05) is 13.1 Å². The van der Waals surface area contributed by atoms with Crippen LogP contribution in [-0.4, -0.2) is 13.1 Å². The molecule has 1 aromatic rings. The second kappa shape index (κ2) is 8.19. The van der Waals surface area contributed by atoms with E-state index in [9.17, 15) is 0 Å². The van der Waals surface area contributed by atoms with E-state index in [1.807, 2.05) is 0 Å². The summed E-state index contributed by atoms with van der Waals surface area (Å²) in [5.74, 6) is 0. The molecule has 0 spiro atoms. The smallest absolute Gasteiger partial charge is 0.0213 e. The molecule has 112 valence electrons. The van der Waals surface area contributed by atoms with Crippen molar-refractivity contribution in [3.05, 3.63) is 34.3 Å². The molecule has 1 N–H and O–H groups in total. The lowest BCUT2D eigenvalue weighted by Crippen LogP contribution is -2.56. The minimum Gasteiger partial charge on any atom is -0.315 e. The molecular formula is C18H28BrN. The van der Waals surface area contributed by atoms with E-state index in [2.05, 4.69) is 52.4 Å². The van der Waals surface area contributed by atoms with Crippen LogP contribution < -0.4 is 5.32 Å². The SMILES string of the molecule is CCCCCCCCCC1(c2ccccc2Br)CNC1. The lowest BCUT2D eigenvalue weighted by molar-refractivity contribution is 0.248. The number of rotatable bonds is 9. The van der Waals surface area contributed by atoms with E-state index in [0.717, 1.165) is 13.1 Å². The van der Waals surface area contributed by atoms with Gasteiger partial charge in [0.15, 0.2) is 0 Å². The number of nitrogens with one attached hydrogen (secondary N) is 1. The lowest BCUT2D eigenvalue weighted by atomic mass is 9.71. The second-order valence-electron chi connectivity index (χ2n) is 6.24. The van der Waals surface area contributed by atoms with Crippen LogP contribution in [0, 0.1) is 0 Å². The summed E-state index contributed by atoms with van der Waals surface area (Å²) in [7, 11) is 0. The Morgan fingerprint density at radius 3 is 2.25 bits per heavy atom. The van der Waals surface area contributed by atoms with Gasteiger partial charge >= 0.3 is 0 Å². The summed E-state index contributed by atoms with van der Waals surface area (Å²) in [6.45, 7) is 4.57. The zero-order valence-electron chi connectivity index (χ0n) is 12.8. The third-order valence-electron chi connectivity index (χ3n) is 4.63. The van der Waals surface area contributed by atoms with E-state index in [1.165, 1.54) is 61.4 Å². The van der Waals surface area contributed by atoms with Gasteiger partial charge in [0.2, 0.25) is 0 Å². The Kier molecular flexibility index (Phi) is 6.57. The molecule has 2 heteroatoms. The van der Waals surface area contributed by atoms with Crippen LogP contribution in [0.1, 0.15) is 63.9 Å². The van der Waals surface area contributed by atoms with Crippen LogP contribution in [0.4, 0.5) is 0 Å². The molecule has 1 aromatic carbocycles. The van der Waals surface area contributed by atoms with E-state index in [0.29, 0.717) is 5.41 Å². The fourth-order valence-electron chi connectivity index (χ4n) is 3.24. The number of unbranched alkanes of at least 4 members (excludes halogenated alkanes) is 6. The van der Waals surface area contributed by atoms with Crippen molar-refractivity contribution in [1.29, 1.82) is 0 Å². The Morgan fingerprint density at radius 2 is 1.65 bits per heavy atom. The molecule has 0 aliphatic carbocycles. The van der Waals surface area contributed by atoms with Crippen molar-refractivity contribution in [2.24, 2.45) is 0 Å². The average Bonchev–Trinajstić information content (AvgIpc) is 2.41. The van der Waals surface area contributed by atoms with Crippen molar-refractivity contribution in [3.63, 3.8) is 0 Å².